The highest BCUT2D eigenvalue weighted by Crippen LogP contribution is 2.61. The van der Waals surface area contributed by atoms with Crippen molar-refractivity contribution < 1.29 is 9.47 Å². The molecule has 0 N–H and O–H groups in total. The molecule has 0 spiro atoms. The number of rotatable bonds is 0. The molecule has 0 bridgehead atoms. The van der Waals surface area contributed by atoms with Gasteiger partial charge in [0, 0.05) is 5.92 Å². The predicted octanol–water partition coefficient (Wildman–Crippen LogP) is 4.38. The zero-order chi connectivity index (χ0) is 13.9. The van der Waals surface area contributed by atoms with E-state index in [9.17, 15) is 0 Å². The molecule has 2 nitrogen and oxygen atoms in total. The van der Waals surface area contributed by atoms with Crippen LogP contribution in [0.5, 0.6) is 0 Å². The minimum atomic E-state index is -0.380. The molecule has 1 heterocycles. The Morgan fingerprint density at radius 1 is 0.947 bits per heavy atom. The molecule has 3 rings (SSSR count). The summed E-state index contributed by atoms with van der Waals surface area (Å²) in [7, 11) is 0. The van der Waals surface area contributed by atoms with Gasteiger partial charge < -0.3 is 9.47 Å². The lowest BCUT2D eigenvalue weighted by Crippen LogP contribution is -2.59. The predicted molar refractivity (Wildman–Crippen MR) is 76.9 cm³/mol. The molecule has 3 fully saturated rings. The smallest absolute Gasteiger partial charge is 0.163 e. The van der Waals surface area contributed by atoms with Crippen molar-refractivity contribution in [2.24, 2.45) is 22.7 Å². The van der Waals surface area contributed by atoms with Gasteiger partial charge in [-0.05, 0) is 56.3 Å². The molecule has 3 aliphatic rings. The molecule has 2 heteroatoms. The Morgan fingerprint density at radius 2 is 1.68 bits per heavy atom. The van der Waals surface area contributed by atoms with Crippen molar-refractivity contribution in [3.63, 3.8) is 0 Å². The average molecular weight is 266 g/mol. The monoisotopic (exact) mass is 266 g/mol. The third-order valence-corrected chi connectivity index (χ3v) is 6.36. The van der Waals surface area contributed by atoms with Crippen molar-refractivity contribution >= 4 is 0 Å². The molecule has 2 saturated carbocycles. The maximum absolute atomic E-state index is 6.24. The molecule has 1 aliphatic heterocycles. The fraction of sp³-hybridized carbons (Fsp3) is 1.00. The molecule has 2 aliphatic carbocycles. The molecule has 0 aromatic carbocycles. The van der Waals surface area contributed by atoms with Gasteiger partial charge in [0.1, 0.15) is 0 Å². The van der Waals surface area contributed by atoms with E-state index in [1.165, 1.54) is 32.1 Å². The first kappa shape index (κ1) is 13.9. The van der Waals surface area contributed by atoms with E-state index in [0.29, 0.717) is 22.9 Å². The highest BCUT2D eigenvalue weighted by molar-refractivity contribution is 5.05. The molecule has 0 amide bonds. The Bertz CT molecular complexity index is 360. The summed E-state index contributed by atoms with van der Waals surface area (Å²) in [6.45, 7) is 12.5. The number of hydrogen-bond donors (Lipinski definition) is 0. The van der Waals surface area contributed by atoms with Gasteiger partial charge in [-0.25, -0.2) is 0 Å². The van der Waals surface area contributed by atoms with E-state index in [0.717, 1.165) is 12.5 Å². The fourth-order valence-electron chi connectivity index (χ4n) is 5.41. The third-order valence-electron chi connectivity index (χ3n) is 6.36. The molecule has 0 aromatic heterocycles. The van der Waals surface area contributed by atoms with Gasteiger partial charge in [-0.2, -0.15) is 0 Å². The quantitative estimate of drug-likeness (QED) is 0.648. The van der Waals surface area contributed by atoms with E-state index in [-0.39, 0.29) is 5.79 Å². The van der Waals surface area contributed by atoms with E-state index in [1.807, 2.05) is 0 Å². The van der Waals surface area contributed by atoms with Gasteiger partial charge in [-0.3, -0.25) is 0 Å². The molecule has 0 radical (unpaired) electrons. The zero-order valence-corrected chi connectivity index (χ0v) is 13.3. The van der Waals surface area contributed by atoms with Crippen LogP contribution in [0.2, 0.25) is 0 Å². The maximum Gasteiger partial charge on any atom is 0.163 e. The van der Waals surface area contributed by atoms with Crippen molar-refractivity contribution in [2.45, 2.75) is 78.6 Å². The first-order chi connectivity index (χ1) is 8.75. The third kappa shape index (κ3) is 2.15. The maximum atomic E-state index is 6.24. The average Bonchev–Trinajstić information content (AvgIpc) is 2.25. The second-order valence-electron chi connectivity index (χ2n) is 8.45. The Morgan fingerprint density at radius 3 is 2.42 bits per heavy atom. The normalized spacial score (nSPS) is 48.2. The lowest BCUT2D eigenvalue weighted by molar-refractivity contribution is -0.325. The number of fused-ring (bicyclic) bond motifs is 3. The number of hydrogen-bond acceptors (Lipinski definition) is 2. The second-order valence-corrected chi connectivity index (χ2v) is 8.45. The molecule has 1 saturated heterocycles. The Kier molecular flexibility index (Phi) is 3.07. The van der Waals surface area contributed by atoms with Crippen molar-refractivity contribution in [1.29, 1.82) is 0 Å². The topological polar surface area (TPSA) is 18.5 Å². The van der Waals surface area contributed by atoms with Crippen molar-refractivity contribution in [3.8, 4) is 0 Å². The van der Waals surface area contributed by atoms with Crippen LogP contribution in [0.4, 0.5) is 0 Å². The molecule has 0 aromatic rings. The van der Waals surface area contributed by atoms with Crippen LogP contribution in [0.15, 0.2) is 0 Å². The summed E-state index contributed by atoms with van der Waals surface area (Å²) in [6.07, 6.45) is 7.08. The van der Waals surface area contributed by atoms with Crippen LogP contribution < -0.4 is 0 Å². The summed E-state index contributed by atoms with van der Waals surface area (Å²) >= 11 is 0. The van der Waals surface area contributed by atoms with Crippen molar-refractivity contribution in [3.05, 3.63) is 0 Å². The van der Waals surface area contributed by atoms with Gasteiger partial charge in [0.05, 0.1) is 12.7 Å². The van der Waals surface area contributed by atoms with E-state index in [4.69, 9.17) is 9.47 Å². The highest BCUT2D eigenvalue weighted by atomic mass is 16.7. The summed E-state index contributed by atoms with van der Waals surface area (Å²) in [5, 5.41) is 0. The van der Waals surface area contributed by atoms with Gasteiger partial charge in [0.2, 0.25) is 0 Å². The Labute approximate surface area is 118 Å². The van der Waals surface area contributed by atoms with Crippen molar-refractivity contribution in [2.75, 3.05) is 6.61 Å². The van der Waals surface area contributed by atoms with Crippen LogP contribution in [0.1, 0.15) is 66.7 Å². The highest BCUT2D eigenvalue weighted by Gasteiger charge is 2.57. The van der Waals surface area contributed by atoms with Crippen LogP contribution in [0.3, 0.4) is 0 Å². The summed E-state index contributed by atoms with van der Waals surface area (Å²) < 4.78 is 12.2. The lowest BCUT2D eigenvalue weighted by Gasteiger charge is -2.61. The Hall–Kier alpha value is -0.0800. The molecular formula is C17H30O2. The number of ether oxygens (including phenoxy) is 2. The van der Waals surface area contributed by atoms with E-state index < -0.39 is 0 Å². The first-order valence-electron chi connectivity index (χ1n) is 8.06. The molecule has 0 unspecified atom stereocenters. The summed E-state index contributed by atoms with van der Waals surface area (Å²) in [4.78, 5) is 0. The molecule has 4 atom stereocenters. The molecular weight excluding hydrogens is 236 g/mol. The van der Waals surface area contributed by atoms with Crippen LogP contribution in [0.25, 0.3) is 0 Å². The summed E-state index contributed by atoms with van der Waals surface area (Å²) in [6, 6.07) is 0. The summed E-state index contributed by atoms with van der Waals surface area (Å²) in [5.74, 6) is 1.05. The van der Waals surface area contributed by atoms with E-state index in [1.54, 1.807) is 0 Å². The second kappa shape index (κ2) is 4.21. The largest absolute Gasteiger partial charge is 0.350 e. The minimum Gasteiger partial charge on any atom is -0.350 e. The molecule has 110 valence electrons. The van der Waals surface area contributed by atoms with Gasteiger partial charge in [0.15, 0.2) is 5.79 Å². The lowest BCUT2D eigenvalue weighted by atomic mass is 9.48. The van der Waals surface area contributed by atoms with Crippen LogP contribution in [-0.2, 0) is 9.47 Å². The van der Waals surface area contributed by atoms with E-state index in [2.05, 4.69) is 34.6 Å². The minimum absolute atomic E-state index is 0.380. The van der Waals surface area contributed by atoms with Crippen LogP contribution in [0, 0.1) is 22.7 Å². The van der Waals surface area contributed by atoms with Gasteiger partial charge in [0.25, 0.3) is 0 Å². The SMILES string of the molecule is CC1(C)OC[C@@H]2[C@@H](CC[C@H]3C(C)(C)CCC[C@]23C)O1. The summed E-state index contributed by atoms with van der Waals surface area (Å²) in [5.41, 5.74) is 0.909. The van der Waals surface area contributed by atoms with Gasteiger partial charge in [-0.15, -0.1) is 0 Å². The van der Waals surface area contributed by atoms with Gasteiger partial charge >= 0.3 is 0 Å². The molecule has 19 heavy (non-hydrogen) atoms. The van der Waals surface area contributed by atoms with Crippen LogP contribution >= 0.6 is 0 Å². The van der Waals surface area contributed by atoms with Crippen molar-refractivity contribution in [1.82, 2.24) is 0 Å². The first-order valence-corrected chi connectivity index (χ1v) is 8.06. The standard InChI is InChI=1S/C17H30O2/c1-15(2)9-6-10-17(5)12-11-18-16(3,4)19-13(12)7-8-14(15)17/h12-14H,6-11H2,1-5H3/t12-,13-,14+,17-/m1/s1. The van der Waals surface area contributed by atoms with Gasteiger partial charge in [-0.1, -0.05) is 27.2 Å². The Balaban J connectivity index is 1.87. The van der Waals surface area contributed by atoms with Crippen LogP contribution in [-0.4, -0.2) is 18.5 Å². The fourth-order valence-corrected chi connectivity index (χ4v) is 5.41. The van der Waals surface area contributed by atoms with E-state index >= 15 is 0 Å². The zero-order valence-electron chi connectivity index (χ0n) is 13.3.